The third-order valence-electron chi connectivity index (χ3n) is 3.31. The number of benzene rings is 1. The van der Waals surface area contributed by atoms with E-state index in [1.807, 2.05) is 19.9 Å². The summed E-state index contributed by atoms with van der Waals surface area (Å²) in [4.78, 5) is 12.5. The first-order valence-electron chi connectivity index (χ1n) is 7.20. The first-order valence-corrected chi connectivity index (χ1v) is 8.36. The number of nitrogens with one attached hydrogen (secondary N) is 2. The van der Waals surface area contributed by atoms with Gasteiger partial charge in [-0.05, 0) is 42.8 Å². The van der Waals surface area contributed by atoms with Crippen molar-refractivity contribution in [2.75, 3.05) is 6.61 Å². The van der Waals surface area contributed by atoms with Crippen molar-refractivity contribution in [1.82, 2.24) is 10.6 Å². The van der Waals surface area contributed by atoms with Crippen LogP contribution in [0.3, 0.4) is 0 Å². The van der Waals surface area contributed by atoms with Gasteiger partial charge in [0.2, 0.25) is 0 Å². The number of allylic oxidation sites excluding steroid dienone is 1. The second-order valence-electron chi connectivity index (χ2n) is 5.74. The summed E-state index contributed by atoms with van der Waals surface area (Å²) in [5.41, 5.74) is 1.94. The van der Waals surface area contributed by atoms with E-state index >= 15 is 0 Å². The summed E-state index contributed by atoms with van der Waals surface area (Å²) in [6, 6.07) is 4.79. The molecule has 7 heteroatoms. The normalized spacial score (nSPS) is 17.8. The van der Waals surface area contributed by atoms with Crippen LogP contribution in [-0.4, -0.2) is 17.7 Å². The van der Waals surface area contributed by atoms with Gasteiger partial charge in [0.15, 0.2) is 5.11 Å². The van der Waals surface area contributed by atoms with Crippen LogP contribution < -0.4 is 10.6 Å². The largest absolute Gasteiger partial charge is 0.462 e. The molecular weight excluding hydrogens is 355 g/mol. The van der Waals surface area contributed by atoms with Gasteiger partial charge in [-0.25, -0.2) is 4.79 Å². The minimum atomic E-state index is -0.432. The molecule has 0 aliphatic carbocycles. The van der Waals surface area contributed by atoms with Crippen molar-refractivity contribution in [1.29, 1.82) is 0 Å². The van der Waals surface area contributed by atoms with Crippen LogP contribution in [0.4, 0.5) is 0 Å². The molecule has 2 rings (SSSR count). The Hall–Kier alpha value is -1.30. The standard InChI is InChI=1S/C16H18Cl2N2O2S/c1-8(2)7-22-15(21)13-9(3)19-16(23)20-14(13)10-4-5-11(17)12(18)6-10/h4-6,8,14H,7H2,1-3H3,(H2,19,20,23)/t14-/m0/s1. The van der Waals surface area contributed by atoms with Crippen molar-refractivity contribution in [3.8, 4) is 0 Å². The number of carbonyl (C=O) groups excluding carboxylic acids is 1. The summed E-state index contributed by atoms with van der Waals surface area (Å²) in [6.07, 6.45) is 0. The lowest BCUT2D eigenvalue weighted by Gasteiger charge is -2.30. The molecule has 0 saturated carbocycles. The number of thiocarbonyl (C=S) groups is 1. The van der Waals surface area contributed by atoms with Gasteiger partial charge in [-0.1, -0.05) is 43.1 Å². The molecule has 0 aromatic heterocycles. The molecule has 124 valence electrons. The lowest BCUT2D eigenvalue weighted by atomic mass is 9.96. The molecule has 1 aliphatic heterocycles. The minimum absolute atomic E-state index is 0.258. The number of esters is 1. The van der Waals surface area contributed by atoms with E-state index in [1.165, 1.54) is 0 Å². The molecule has 0 amide bonds. The maximum atomic E-state index is 12.5. The third kappa shape index (κ3) is 4.37. The predicted octanol–water partition coefficient (Wildman–Crippen LogP) is 3.99. The van der Waals surface area contributed by atoms with Gasteiger partial charge >= 0.3 is 5.97 Å². The molecule has 0 radical (unpaired) electrons. The summed E-state index contributed by atoms with van der Waals surface area (Å²) in [5, 5.41) is 7.37. The Morgan fingerprint density at radius 1 is 1.35 bits per heavy atom. The van der Waals surface area contributed by atoms with Gasteiger partial charge in [0, 0.05) is 5.70 Å². The van der Waals surface area contributed by atoms with Crippen molar-refractivity contribution in [2.24, 2.45) is 5.92 Å². The molecule has 1 atom stereocenters. The quantitative estimate of drug-likeness (QED) is 0.618. The Labute approximate surface area is 151 Å². The van der Waals surface area contributed by atoms with E-state index in [2.05, 4.69) is 10.6 Å². The topological polar surface area (TPSA) is 50.4 Å². The van der Waals surface area contributed by atoms with E-state index in [9.17, 15) is 4.79 Å². The van der Waals surface area contributed by atoms with E-state index in [4.69, 9.17) is 40.2 Å². The zero-order valence-electron chi connectivity index (χ0n) is 13.1. The van der Waals surface area contributed by atoms with E-state index in [0.717, 1.165) is 5.56 Å². The van der Waals surface area contributed by atoms with Crippen LogP contribution in [0.2, 0.25) is 10.0 Å². The maximum Gasteiger partial charge on any atom is 0.338 e. The smallest absolute Gasteiger partial charge is 0.338 e. The Bertz CT molecular complexity index is 674. The predicted molar refractivity (Wildman–Crippen MR) is 96.6 cm³/mol. The summed E-state index contributed by atoms with van der Waals surface area (Å²) in [6.45, 7) is 6.12. The average molecular weight is 373 g/mol. The van der Waals surface area contributed by atoms with Crippen molar-refractivity contribution in [2.45, 2.75) is 26.8 Å². The van der Waals surface area contributed by atoms with Gasteiger partial charge in [0.25, 0.3) is 0 Å². The number of ether oxygens (including phenoxy) is 1. The summed E-state index contributed by atoms with van der Waals surface area (Å²) < 4.78 is 5.38. The zero-order chi connectivity index (χ0) is 17.1. The van der Waals surface area contributed by atoms with Crippen molar-refractivity contribution < 1.29 is 9.53 Å². The molecule has 0 spiro atoms. The molecule has 4 nitrogen and oxygen atoms in total. The second-order valence-corrected chi connectivity index (χ2v) is 6.96. The van der Waals surface area contributed by atoms with Gasteiger partial charge in [0.1, 0.15) is 0 Å². The van der Waals surface area contributed by atoms with E-state index in [1.54, 1.807) is 19.1 Å². The van der Waals surface area contributed by atoms with Crippen molar-refractivity contribution >= 4 is 46.5 Å². The van der Waals surface area contributed by atoms with Crippen molar-refractivity contribution in [3.63, 3.8) is 0 Å². The van der Waals surface area contributed by atoms with E-state index in [-0.39, 0.29) is 11.9 Å². The molecule has 1 heterocycles. The maximum absolute atomic E-state index is 12.5. The Balaban J connectivity index is 2.37. The van der Waals surface area contributed by atoms with Crippen LogP contribution in [0, 0.1) is 5.92 Å². The number of hydrogen-bond donors (Lipinski definition) is 2. The number of hydrogen-bond acceptors (Lipinski definition) is 3. The SMILES string of the molecule is CC1=C(C(=O)OCC(C)C)[C@H](c2ccc(Cl)c(Cl)c2)NC(=S)N1. The molecule has 23 heavy (non-hydrogen) atoms. The van der Waals surface area contributed by atoms with Gasteiger partial charge in [-0.3, -0.25) is 0 Å². The van der Waals surface area contributed by atoms with E-state index < -0.39 is 6.04 Å². The molecule has 1 aromatic rings. The first-order chi connectivity index (χ1) is 10.8. The van der Waals surface area contributed by atoms with E-state index in [0.29, 0.717) is 33.0 Å². The zero-order valence-corrected chi connectivity index (χ0v) is 15.4. The van der Waals surface area contributed by atoms with Crippen LogP contribution in [0.1, 0.15) is 32.4 Å². The summed E-state index contributed by atoms with van der Waals surface area (Å²) in [7, 11) is 0. The van der Waals surface area contributed by atoms with Crippen LogP contribution in [0.25, 0.3) is 0 Å². The highest BCUT2D eigenvalue weighted by Gasteiger charge is 2.31. The third-order valence-corrected chi connectivity index (χ3v) is 4.27. The molecule has 0 fully saturated rings. The highest BCUT2D eigenvalue weighted by atomic mass is 35.5. The average Bonchev–Trinajstić information content (AvgIpc) is 2.46. The molecule has 0 bridgehead atoms. The lowest BCUT2D eigenvalue weighted by molar-refractivity contribution is -0.140. The molecule has 0 saturated heterocycles. The van der Waals surface area contributed by atoms with Crippen LogP contribution in [0.15, 0.2) is 29.5 Å². The monoisotopic (exact) mass is 372 g/mol. The fourth-order valence-electron chi connectivity index (χ4n) is 2.23. The number of rotatable bonds is 4. The molecule has 0 unspecified atom stereocenters. The Kier molecular flexibility index (Phi) is 5.89. The highest BCUT2D eigenvalue weighted by Crippen LogP contribution is 2.31. The van der Waals surface area contributed by atoms with Gasteiger partial charge in [0.05, 0.1) is 28.3 Å². The molecule has 2 N–H and O–H groups in total. The first kappa shape index (κ1) is 18.0. The fourth-order valence-corrected chi connectivity index (χ4v) is 2.80. The van der Waals surface area contributed by atoms with Crippen LogP contribution in [0.5, 0.6) is 0 Å². The summed E-state index contributed by atoms with van der Waals surface area (Å²) >= 11 is 17.3. The Morgan fingerprint density at radius 2 is 2.04 bits per heavy atom. The summed E-state index contributed by atoms with van der Waals surface area (Å²) in [5.74, 6) is -0.122. The van der Waals surface area contributed by atoms with Gasteiger partial charge < -0.3 is 15.4 Å². The highest BCUT2D eigenvalue weighted by molar-refractivity contribution is 7.80. The molecular formula is C16H18Cl2N2O2S. The van der Waals surface area contributed by atoms with Crippen LogP contribution >= 0.6 is 35.4 Å². The molecule has 1 aromatic carbocycles. The minimum Gasteiger partial charge on any atom is -0.462 e. The second kappa shape index (κ2) is 7.51. The van der Waals surface area contributed by atoms with Crippen LogP contribution in [-0.2, 0) is 9.53 Å². The fraction of sp³-hybridized carbons (Fsp3) is 0.375. The van der Waals surface area contributed by atoms with Gasteiger partial charge in [-0.2, -0.15) is 0 Å². The van der Waals surface area contributed by atoms with Gasteiger partial charge in [-0.15, -0.1) is 0 Å². The number of halogens is 2. The lowest BCUT2D eigenvalue weighted by Crippen LogP contribution is -2.45. The number of carbonyl (C=O) groups is 1. The Morgan fingerprint density at radius 3 is 2.65 bits per heavy atom. The van der Waals surface area contributed by atoms with Crippen molar-refractivity contribution in [3.05, 3.63) is 45.1 Å². The molecule has 1 aliphatic rings.